The van der Waals surface area contributed by atoms with Crippen LogP contribution in [-0.2, 0) is 14.8 Å². The fraction of sp³-hybridized carbons (Fsp3) is 0.562. The molecule has 22 heavy (non-hydrogen) atoms. The van der Waals surface area contributed by atoms with E-state index in [2.05, 4.69) is 5.32 Å². The van der Waals surface area contributed by atoms with Crippen molar-refractivity contribution in [3.05, 3.63) is 29.8 Å². The van der Waals surface area contributed by atoms with Crippen molar-refractivity contribution < 1.29 is 13.2 Å². The summed E-state index contributed by atoms with van der Waals surface area (Å²) >= 11 is 0. The SMILES string of the molecule is CCN(CC)S(=O)(=O)c1ccc(C(C)NC(=O)C2CC2)cc1. The Bertz CT molecular complexity index is 617. The molecule has 0 saturated heterocycles. The van der Waals surface area contributed by atoms with Gasteiger partial charge in [0.15, 0.2) is 0 Å². The summed E-state index contributed by atoms with van der Waals surface area (Å²) in [5, 5.41) is 2.96. The second kappa shape index (κ2) is 6.79. The first-order valence-electron chi connectivity index (χ1n) is 7.80. The van der Waals surface area contributed by atoms with Crippen molar-refractivity contribution >= 4 is 15.9 Å². The van der Waals surface area contributed by atoms with E-state index in [1.54, 1.807) is 24.3 Å². The molecule has 1 N–H and O–H groups in total. The zero-order chi connectivity index (χ0) is 16.3. The van der Waals surface area contributed by atoms with Gasteiger partial charge >= 0.3 is 0 Å². The van der Waals surface area contributed by atoms with E-state index in [-0.39, 0.29) is 17.9 Å². The molecule has 1 unspecified atom stereocenters. The fourth-order valence-corrected chi connectivity index (χ4v) is 3.86. The summed E-state index contributed by atoms with van der Waals surface area (Å²) in [4.78, 5) is 12.1. The second-order valence-corrected chi connectivity index (χ2v) is 7.60. The number of amides is 1. The number of sulfonamides is 1. The quantitative estimate of drug-likeness (QED) is 0.837. The van der Waals surface area contributed by atoms with Gasteiger partial charge in [-0.2, -0.15) is 4.31 Å². The third-order valence-electron chi connectivity index (χ3n) is 4.03. The first-order chi connectivity index (χ1) is 10.4. The van der Waals surface area contributed by atoms with Gasteiger partial charge in [0.1, 0.15) is 0 Å². The third kappa shape index (κ3) is 3.67. The highest BCUT2D eigenvalue weighted by Gasteiger charge is 2.30. The lowest BCUT2D eigenvalue weighted by Crippen LogP contribution is -2.30. The van der Waals surface area contributed by atoms with Gasteiger partial charge in [-0.15, -0.1) is 0 Å². The van der Waals surface area contributed by atoms with Crippen LogP contribution >= 0.6 is 0 Å². The van der Waals surface area contributed by atoms with Gasteiger partial charge in [-0.25, -0.2) is 8.42 Å². The van der Waals surface area contributed by atoms with Crippen LogP contribution in [0.1, 0.15) is 45.2 Å². The van der Waals surface area contributed by atoms with Crippen LogP contribution in [-0.4, -0.2) is 31.7 Å². The van der Waals surface area contributed by atoms with E-state index >= 15 is 0 Å². The van der Waals surface area contributed by atoms with E-state index in [0.29, 0.717) is 18.0 Å². The number of carbonyl (C=O) groups excluding carboxylic acids is 1. The first kappa shape index (κ1) is 17.0. The normalized spacial score (nSPS) is 16.5. The molecule has 0 heterocycles. The Balaban J connectivity index is 2.10. The Morgan fingerprint density at radius 3 is 2.23 bits per heavy atom. The minimum atomic E-state index is -3.42. The Hall–Kier alpha value is -1.40. The lowest BCUT2D eigenvalue weighted by Gasteiger charge is -2.19. The molecule has 0 aliphatic heterocycles. The highest BCUT2D eigenvalue weighted by molar-refractivity contribution is 7.89. The molecular weight excluding hydrogens is 300 g/mol. The molecule has 0 aromatic heterocycles. The maximum absolute atomic E-state index is 12.4. The molecule has 1 aromatic carbocycles. The maximum Gasteiger partial charge on any atom is 0.243 e. The van der Waals surface area contributed by atoms with Crippen molar-refractivity contribution in [3.63, 3.8) is 0 Å². The van der Waals surface area contributed by atoms with Gasteiger partial charge in [0.05, 0.1) is 10.9 Å². The standard InChI is InChI=1S/C16H24N2O3S/c1-4-18(5-2)22(20,21)15-10-8-13(9-11-15)12(3)17-16(19)14-6-7-14/h8-12,14H,4-7H2,1-3H3,(H,17,19). The van der Waals surface area contributed by atoms with Gasteiger partial charge in [-0.1, -0.05) is 26.0 Å². The summed E-state index contributed by atoms with van der Waals surface area (Å²) in [6.07, 6.45) is 1.94. The van der Waals surface area contributed by atoms with Crippen LogP contribution in [0, 0.1) is 5.92 Å². The van der Waals surface area contributed by atoms with Gasteiger partial charge < -0.3 is 5.32 Å². The molecule has 1 aliphatic rings. The Kier molecular flexibility index (Phi) is 5.24. The zero-order valence-corrected chi connectivity index (χ0v) is 14.2. The molecule has 0 bridgehead atoms. The second-order valence-electron chi connectivity index (χ2n) is 5.66. The molecule has 122 valence electrons. The summed E-state index contributed by atoms with van der Waals surface area (Å²) in [6.45, 7) is 6.47. The Labute approximate surface area is 132 Å². The molecule has 1 amide bonds. The van der Waals surface area contributed by atoms with E-state index in [1.165, 1.54) is 4.31 Å². The van der Waals surface area contributed by atoms with E-state index < -0.39 is 10.0 Å². The molecule has 1 aromatic rings. The van der Waals surface area contributed by atoms with Gasteiger partial charge in [0, 0.05) is 19.0 Å². The van der Waals surface area contributed by atoms with Crippen LogP contribution in [0.3, 0.4) is 0 Å². The number of carbonyl (C=O) groups is 1. The van der Waals surface area contributed by atoms with Crippen LogP contribution in [0.5, 0.6) is 0 Å². The van der Waals surface area contributed by atoms with Crippen molar-refractivity contribution in [1.29, 1.82) is 0 Å². The molecular formula is C16H24N2O3S. The molecule has 1 fully saturated rings. The lowest BCUT2D eigenvalue weighted by atomic mass is 10.1. The molecule has 1 aliphatic carbocycles. The van der Waals surface area contributed by atoms with Gasteiger partial charge in [0.25, 0.3) is 0 Å². The van der Waals surface area contributed by atoms with Gasteiger partial charge in [-0.05, 0) is 37.5 Å². The number of nitrogens with one attached hydrogen (secondary N) is 1. The zero-order valence-electron chi connectivity index (χ0n) is 13.4. The largest absolute Gasteiger partial charge is 0.349 e. The number of nitrogens with zero attached hydrogens (tertiary/aromatic N) is 1. The van der Waals surface area contributed by atoms with Gasteiger partial charge in [-0.3, -0.25) is 4.79 Å². The monoisotopic (exact) mass is 324 g/mol. The van der Waals surface area contributed by atoms with Crippen molar-refractivity contribution in [1.82, 2.24) is 9.62 Å². The van der Waals surface area contributed by atoms with Crippen LogP contribution in [0.4, 0.5) is 0 Å². The van der Waals surface area contributed by atoms with E-state index in [4.69, 9.17) is 0 Å². The van der Waals surface area contributed by atoms with Crippen LogP contribution in [0.15, 0.2) is 29.2 Å². The number of hydrogen-bond donors (Lipinski definition) is 1. The Morgan fingerprint density at radius 1 is 1.23 bits per heavy atom. The van der Waals surface area contributed by atoms with Crippen molar-refractivity contribution in [3.8, 4) is 0 Å². The highest BCUT2D eigenvalue weighted by Crippen LogP contribution is 2.30. The average Bonchev–Trinajstić information content (AvgIpc) is 3.33. The fourth-order valence-electron chi connectivity index (χ4n) is 2.40. The summed E-state index contributed by atoms with van der Waals surface area (Å²) < 4.78 is 26.2. The molecule has 0 radical (unpaired) electrons. The molecule has 6 heteroatoms. The highest BCUT2D eigenvalue weighted by atomic mass is 32.2. The topological polar surface area (TPSA) is 66.5 Å². The van der Waals surface area contributed by atoms with Gasteiger partial charge in [0.2, 0.25) is 15.9 Å². The average molecular weight is 324 g/mol. The number of benzene rings is 1. The molecule has 5 nitrogen and oxygen atoms in total. The lowest BCUT2D eigenvalue weighted by molar-refractivity contribution is -0.122. The maximum atomic E-state index is 12.4. The minimum Gasteiger partial charge on any atom is -0.349 e. The number of rotatable bonds is 7. The molecule has 2 rings (SSSR count). The summed E-state index contributed by atoms with van der Waals surface area (Å²) in [5.41, 5.74) is 0.910. The summed E-state index contributed by atoms with van der Waals surface area (Å²) in [5.74, 6) is 0.261. The van der Waals surface area contributed by atoms with E-state index in [0.717, 1.165) is 18.4 Å². The molecule has 1 atom stereocenters. The van der Waals surface area contributed by atoms with Crippen molar-refractivity contribution in [2.75, 3.05) is 13.1 Å². The van der Waals surface area contributed by atoms with E-state index in [1.807, 2.05) is 20.8 Å². The third-order valence-corrected chi connectivity index (χ3v) is 6.09. The first-order valence-corrected chi connectivity index (χ1v) is 9.24. The van der Waals surface area contributed by atoms with Crippen LogP contribution in [0.2, 0.25) is 0 Å². The van der Waals surface area contributed by atoms with Crippen LogP contribution in [0.25, 0.3) is 0 Å². The Morgan fingerprint density at radius 2 is 1.77 bits per heavy atom. The van der Waals surface area contributed by atoms with Crippen LogP contribution < -0.4 is 5.32 Å². The minimum absolute atomic E-state index is 0.0901. The van der Waals surface area contributed by atoms with Crippen molar-refractivity contribution in [2.24, 2.45) is 5.92 Å². The number of hydrogen-bond acceptors (Lipinski definition) is 3. The predicted molar refractivity (Wildman–Crippen MR) is 85.8 cm³/mol. The summed E-state index contributed by atoms with van der Waals surface area (Å²) in [6, 6.07) is 6.66. The van der Waals surface area contributed by atoms with Crippen molar-refractivity contribution in [2.45, 2.75) is 44.6 Å². The van der Waals surface area contributed by atoms with E-state index in [9.17, 15) is 13.2 Å². The smallest absolute Gasteiger partial charge is 0.243 e. The molecule has 1 saturated carbocycles. The predicted octanol–water partition coefficient (Wildman–Crippen LogP) is 2.30. The molecule has 0 spiro atoms. The summed E-state index contributed by atoms with van der Waals surface area (Å²) in [7, 11) is -3.42.